The lowest BCUT2D eigenvalue weighted by atomic mass is 10.0. The first-order valence-corrected chi connectivity index (χ1v) is 7.02. The van der Waals surface area contributed by atoms with Crippen LogP contribution in [-0.2, 0) is 6.54 Å². The van der Waals surface area contributed by atoms with Gasteiger partial charge in [-0.1, -0.05) is 29.5 Å². The van der Waals surface area contributed by atoms with Crippen molar-refractivity contribution >= 4 is 0 Å². The van der Waals surface area contributed by atoms with Gasteiger partial charge in [0.15, 0.2) is 0 Å². The Labute approximate surface area is 131 Å². The number of aromatic nitrogens is 8. The second-order valence-electron chi connectivity index (χ2n) is 4.93. The Hall–Kier alpha value is -3.42. The van der Waals surface area contributed by atoms with Crippen LogP contribution in [0.2, 0.25) is 0 Å². The van der Waals surface area contributed by atoms with Crippen molar-refractivity contribution in [1.82, 2.24) is 40.6 Å². The normalized spacial score (nSPS) is 10.8. The van der Waals surface area contributed by atoms with Gasteiger partial charge >= 0.3 is 0 Å². The van der Waals surface area contributed by atoms with Crippen LogP contribution in [0.25, 0.3) is 22.6 Å². The summed E-state index contributed by atoms with van der Waals surface area (Å²) >= 11 is 0. The Kier molecular flexibility index (Phi) is 3.32. The van der Waals surface area contributed by atoms with Crippen LogP contribution < -0.4 is 0 Å². The van der Waals surface area contributed by atoms with Gasteiger partial charge in [-0.15, -0.1) is 15.3 Å². The number of rotatable bonds is 4. The molecule has 4 aromatic rings. The van der Waals surface area contributed by atoms with E-state index in [9.17, 15) is 0 Å². The Balaban J connectivity index is 1.74. The number of nitrogens with zero attached hydrogens (tertiary/aromatic N) is 7. The second kappa shape index (κ2) is 5.76. The van der Waals surface area contributed by atoms with Gasteiger partial charge in [0, 0.05) is 23.5 Å². The van der Waals surface area contributed by atoms with Gasteiger partial charge < -0.3 is 0 Å². The molecule has 3 aromatic heterocycles. The molecule has 3 heterocycles. The molecule has 0 aliphatic rings. The highest BCUT2D eigenvalue weighted by Gasteiger charge is 2.12. The zero-order chi connectivity index (χ0) is 15.5. The molecular weight excluding hydrogens is 292 g/mol. The smallest absolute Gasteiger partial charge is 0.205 e. The molecule has 0 aliphatic heterocycles. The summed E-state index contributed by atoms with van der Waals surface area (Å²) in [6.45, 7) is 0.639. The van der Waals surface area contributed by atoms with Crippen molar-refractivity contribution in [3.05, 3.63) is 60.6 Å². The molecule has 1 N–H and O–H groups in total. The van der Waals surface area contributed by atoms with E-state index < -0.39 is 0 Å². The summed E-state index contributed by atoms with van der Waals surface area (Å²) < 4.78 is 1.77. The van der Waals surface area contributed by atoms with E-state index in [1.165, 1.54) is 0 Å². The zero-order valence-electron chi connectivity index (χ0n) is 12.0. The molecule has 8 heteroatoms. The summed E-state index contributed by atoms with van der Waals surface area (Å²) in [7, 11) is 0. The Bertz CT molecular complexity index is 899. The highest BCUT2D eigenvalue weighted by molar-refractivity contribution is 5.78. The van der Waals surface area contributed by atoms with Crippen LogP contribution >= 0.6 is 0 Å². The van der Waals surface area contributed by atoms with Gasteiger partial charge in [0.1, 0.15) is 0 Å². The zero-order valence-corrected chi connectivity index (χ0v) is 12.0. The molecule has 0 aliphatic carbocycles. The molecule has 112 valence electrons. The molecule has 0 radical (unpaired) electrons. The highest BCUT2D eigenvalue weighted by Crippen LogP contribution is 2.28. The predicted octanol–water partition coefficient (Wildman–Crippen LogP) is 1.57. The Morgan fingerprint density at radius 3 is 2.74 bits per heavy atom. The fourth-order valence-corrected chi connectivity index (χ4v) is 2.40. The maximum Gasteiger partial charge on any atom is 0.205 e. The number of hydrogen-bond acceptors (Lipinski definition) is 6. The minimum Gasteiger partial charge on any atom is -0.256 e. The summed E-state index contributed by atoms with van der Waals surface area (Å²) in [5.74, 6) is 0.545. The van der Waals surface area contributed by atoms with Crippen molar-refractivity contribution in [2.45, 2.75) is 6.54 Å². The number of hydrogen-bond donors (Lipinski definition) is 1. The Morgan fingerprint density at radius 2 is 1.96 bits per heavy atom. The molecular formula is C15H12N8. The topological polar surface area (TPSA) is 98.1 Å². The first-order valence-electron chi connectivity index (χ1n) is 7.02. The fourth-order valence-electron chi connectivity index (χ4n) is 2.40. The molecule has 8 nitrogen and oxygen atoms in total. The predicted molar refractivity (Wildman–Crippen MR) is 82.0 cm³/mol. The lowest BCUT2D eigenvalue weighted by Crippen LogP contribution is -2.01. The van der Waals surface area contributed by atoms with Crippen LogP contribution in [0, 0.1) is 0 Å². The van der Waals surface area contributed by atoms with Gasteiger partial charge in [0.2, 0.25) is 5.82 Å². The van der Waals surface area contributed by atoms with E-state index in [0.29, 0.717) is 12.4 Å². The molecule has 0 atom stereocenters. The van der Waals surface area contributed by atoms with Gasteiger partial charge in [-0.05, 0) is 22.9 Å². The van der Waals surface area contributed by atoms with Gasteiger partial charge in [-0.3, -0.25) is 4.98 Å². The molecule has 4 rings (SSSR count). The SMILES string of the molecule is c1ccc(-c2nn[nH]n2)c(-c2cc(Cn3ccnn3)ccn2)c1. The lowest BCUT2D eigenvalue weighted by Gasteiger charge is -2.08. The molecule has 0 saturated heterocycles. The maximum absolute atomic E-state index is 4.48. The summed E-state index contributed by atoms with van der Waals surface area (Å²) in [4.78, 5) is 4.48. The van der Waals surface area contributed by atoms with Crippen LogP contribution in [0.1, 0.15) is 5.56 Å². The monoisotopic (exact) mass is 304 g/mol. The van der Waals surface area contributed by atoms with E-state index in [-0.39, 0.29) is 0 Å². The largest absolute Gasteiger partial charge is 0.256 e. The molecule has 0 spiro atoms. The quantitative estimate of drug-likeness (QED) is 0.614. The number of tetrazole rings is 1. The summed E-state index contributed by atoms with van der Waals surface area (Å²) in [6.07, 6.45) is 5.27. The van der Waals surface area contributed by atoms with Gasteiger partial charge in [-0.25, -0.2) is 4.68 Å². The van der Waals surface area contributed by atoms with Crippen molar-refractivity contribution in [3.63, 3.8) is 0 Å². The second-order valence-corrected chi connectivity index (χ2v) is 4.93. The lowest BCUT2D eigenvalue weighted by molar-refractivity contribution is 0.649. The van der Waals surface area contributed by atoms with E-state index in [4.69, 9.17) is 0 Å². The fraction of sp³-hybridized carbons (Fsp3) is 0.0667. The van der Waals surface area contributed by atoms with E-state index >= 15 is 0 Å². The third kappa shape index (κ3) is 2.69. The number of aromatic amines is 1. The van der Waals surface area contributed by atoms with E-state index in [0.717, 1.165) is 22.4 Å². The molecule has 0 amide bonds. The van der Waals surface area contributed by atoms with Crippen LogP contribution in [-0.4, -0.2) is 40.6 Å². The van der Waals surface area contributed by atoms with Crippen molar-refractivity contribution in [3.8, 4) is 22.6 Å². The third-order valence-corrected chi connectivity index (χ3v) is 3.43. The van der Waals surface area contributed by atoms with Gasteiger partial charge in [0.05, 0.1) is 18.4 Å². The van der Waals surface area contributed by atoms with E-state index in [2.05, 4.69) is 35.9 Å². The molecule has 23 heavy (non-hydrogen) atoms. The molecule has 1 aromatic carbocycles. The van der Waals surface area contributed by atoms with E-state index in [1.54, 1.807) is 17.1 Å². The first-order chi connectivity index (χ1) is 11.4. The molecule has 0 fully saturated rings. The average molecular weight is 304 g/mol. The van der Waals surface area contributed by atoms with Crippen LogP contribution in [0.15, 0.2) is 55.0 Å². The third-order valence-electron chi connectivity index (χ3n) is 3.43. The van der Waals surface area contributed by atoms with E-state index in [1.807, 2.05) is 42.6 Å². The number of benzene rings is 1. The van der Waals surface area contributed by atoms with Gasteiger partial charge in [0.25, 0.3) is 0 Å². The average Bonchev–Trinajstić information content (AvgIpc) is 3.29. The first kappa shape index (κ1) is 13.3. The molecule has 0 unspecified atom stereocenters. The maximum atomic E-state index is 4.48. The summed E-state index contributed by atoms with van der Waals surface area (Å²) in [6, 6.07) is 11.8. The number of nitrogens with one attached hydrogen (secondary N) is 1. The van der Waals surface area contributed by atoms with Crippen LogP contribution in [0.5, 0.6) is 0 Å². The minimum atomic E-state index is 0.545. The molecule has 0 saturated carbocycles. The molecule has 0 bridgehead atoms. The highest BCUT2D eigenvalue weighted by atomic mass is 15.5. The van der Waals surface area contributed by atoms with Crippen molar-refractivity contribution in [1.29, 1.82) is 0 Å². The summed E-state index contributed by atoms with van der Waals surface area (Å²) in [5, 5.41) is 22.0. The minimum absolute atomic E-state index is 0.545. The summed E-state index contributed by atoms with van der Waals surface area (Å²) in [5.41, 5.74) is 3.77. The standard InChI is InChI=1S/C15H12N8/c1-2-4-13(15-18-20-21-19-15)12(3-1)14-9-11(5-6-16-14)10-23-8-7-17-22-23/h1-9H,10H2,(H,18,19,20,21). The van der Waals surface area contributed by atoms with Gasteiger partial charge in [-0.2, -0.15) is 5.21 Å². The number of H-pyrrole nitrogens is 1. The van der Waals surface area contributed by atoms with Crippen molar-refractivity contribution in [2.75, 3.05) is 0 Å². The van der Waals surface area contributed by atoms with Crippen molar-refractivity contribution in [2.24, 2.45) is 0 Å². The van der Waals surface area contributed by atoms with Crippen molar-refractivity contribution < 1.29 is 0 Å². The Morgan fingerprint density at radius 1 is 1.04 bits per heavy atom. The number of pyridine rings is 1. The van der Waals surface area contributed by atoms with Crippen LogP contribution in [0.3, 0.4) is 0 Å². The van der Waals surface area contributed by atoms with Crippen LogP contribution in [0.4, 0.5) is 0 Å².